The average molecular weight is 678 g/mol. The molecule has 254 valence electrons. The zero-order chi connectivity index (χ0) is 33.8. The molecule has 3 aliphatic heterocycles. The number of carbonyl (C=O) groups excluding carboxylic acids is 1. The fourth-order valence-corrected chi connectivity index (χ4v) is 7.12. The largest absolute Gasteiger partial charge is 0.463 e. The highest BCUT2D eigenvalue weighted by Crippen LogP contribution is 2.39. The number of amides is 1. The lowest BCUT2D eigenvalue weighted by Gasteiger charge is -2.35. The van der Waals surface area contributed by atoms with Gasteiger partial charge in [0.25, 0.3) is 0 Å². The number of likely N-dealkylation sites (tertiary alicyclic amines) is 1. The van der Waals surface area contributed by atoms with E-state index >= 15 is 4.39 Å². The third-order valence-corrected chi connectivity index (χ3v) is 9.52. The molecule has 2 aromatic heterocycles. The summed E-state index contributed by atoms with van der Waals surface area (Å²) in [6, 6.07) is 11.1. The molecule has 0 spiro atoms. The lowest BCUT2D eigenvalue weighted by atomic mass is 10.0. The summed E-state index contributed by atoms with van der Waals surface area (Å²) in [5, 5.41) is 2.56. The highest BCUT2D eigenvalue weighted by molar-refractivity contribution is 6.36. The first-order chi connectivity index (χ1) is 22.8. The van der Waals surface area contributed by atoms with Crippen molar-refractivity contribution in [3.63, 3.8) is 0 Å². The molecule has 5 heterocycles. The van der Waals surface area contributed by atoms with Crippen LogP contribution in [-0.4, -0.2) is 82.8 Å². The van der Waals surface area contributed by atoms with Gasteiger partial charge in [-0.3, -0.25) is 4.98 Å². The van der Waals surface area contributed by atoms with Crippen LogP contribution in [0.5, 0.6) is 6.01 Å². The zero-order valence-corrected chi connectivity index (χ0v) is 28.7. The molecular formula is C36H41ClFN5O5. The lowest BCUT2D eigenvalue weighted by molar-refractivity contribution is -0.264. The third-order valence-electron chi connectivity index (χ3n) is 9.20. The van der Waals surface area contributed by atoms with Crippen LogP contribution in [0.3, 0.4) is 0 Å². The molecule has 2 unspecified atom stereocenters. The molecule has 2 atom stereocenters. The normalized spacial score (nSPS) is 21.5. The van der Waals surface area contributed by atoms with E-state index in [0.717, 1.165) is 18.2 Å². The van der Waals surface area contributed by atoms with Crippen molar-refractivity contribution >= 4 is 45.2 Å². The molecule has 4 aromatic rings. The summed E-state index contributed by atoms with van der Waals surface area (Å²) in [5.74, 6) is -0.458. The second-order valence-corrected chi connectivity index (χ2v) is 14.9. The van der Waals surface area contributed by atoms with E-state index in [4.69, 9.17) is 35.5 Å². The van der Waals surface area contributed by atoms with Crippen LogP contribution in [-0.2, 0) is 14.2 Å². The van der Waals surface area contributed by atoms with E-state index in [2.05, 4.69) is 14.9 Å². The van der Waals surface area contributed by atoms with Crippen LogP contribution in [0.4, 0.5) is 15.0 Å². The Morgan fingerprint density at radius 3 is 2.60 bits per heavy atom. The van der Waals surface area contributed by atoms with E-state index < -0.39 is 17.2 Å². The van der Waals surface area contributed by atoms with Crippen molar-refractivity contribution in [2.75, 3.05) is 44.4 Å². The van der Waals surface area contributed by atoms with Crippen molar-refractivity contribution in [2.45, 2.75) is 64.9 Å². The fourth-order valence-electron chi connectivity index (χ4n) is 6.84. The number of hydrogen-bond donors (Lipinski definition) is 0. The Labute approximate surface area is 284 Å². The van der Waals surface area contributed by atoms with Gasteiger partial charge in [-0.25, -0.2) is 9.18 Å². The summed E-state index contributed by atoms with van der Waals surface area (Å²) in [7, 11) is 0. The summed E-state index contributed by atoms with van der Waals surface area (Å²) < 4.78 is 40.3. The summed E-state index contributed by atoms with van der Waals surface area (Å²) in [6.07, 6.45) is 3.01. The Morgan fingerprint density at radius 1 is 1.10 bits per heavy atom. The quantitative estimate of drug-likeness (QED) is 0.216. The average Bonchev–Trinajstić information content (AvgIpc) is 3.32. The summed E-state index contributed by atoms with van der Waals surface area (Å²) in [6.45, 7) is 12.3. The van der Waals surface area contributed by atoms with Crippen LogP contribution in [0.1, 0.15) is 47.5 Å². The monoisotopic (exact) mass is 677 g/mol. The van der Waals surface area contributed by atoms with Crippen molar-refractivity contribution < 1.29 is 28.1 Å². The van der Waals surface area contributed by atoms with Crippen molar-refractivity contribution in [3.8, 4) is 17.3 Å². The van der Waals surface area contributed by atoms with Gasteiger partial charge in [-0.05, 0) is 64.8 Å². The molecular weight excluding hydrogens is 637 g/mol. The Morgan fingerprint density at radius 2 is 1.85 bits per heavy atom. The number of hydrogen-bond acceptors (Lipinski definition) is 9. The molecule has 3 saturated heterocycles. The van der Waals surface area contributed by atoms with Gasteiger partial charge >= 0.3 is 12.1 Å². The minimum absolute atomic E-state index is 0.0484. The number of halogens is 2. The minimum atomic E-state index is -0.653. The number of fused-ring (bicyclic) bond motifs is 4. The Balaban J connectivity index is 1.27. The fraction of sp³-hybridized carbons (Fsp3) is 0.500. The smallest absolute Gasteiger partial charge is 0.410 e. The van der Waals surface area contributed by atoms with Gasteiger partial charge in [-0.1, -0.05) is 41.9 Å². The number of nitrogens with zero attached hydrogens (tertiary/aromatic N) is 5. The molecule has 3 fully saturated rings. The third kappa shape index (κ3) is 6.60. The van der Waals surface area contributed by atoms with Gasteiger partial charge in [0.1, 0.15) is 22.6 Å². The van der Waals surface area contributed by atoms with Crippen molar-refractivity contribution in [3.05, 3.63) is 53.4 Å². The Hall–Kier alpha value is -3.80. The van der Waals surface area contributed by atoms with Crippen LogP contribution in [0.25, 0.3) is 32.9 Å². The lowest BCUT2D eigenvalue weighted by Crippen LogP contribution is -2.46. The van der Waals surface area contributed by atoms with Crippen molar-refractivity contribution in [1.82, 2.24) is 19.9 Å². The maximum absolute atomic E-state index is 16.8. The van der Waals surface area contributed by atoms with Gasteiger partial charge in [-0.2, -0.15) is 9.97 Å². The molecule has 2 bridgehead atoms. The number of benzene rings is 2. The first-order valence-electron chi connectivity index (χ1n) is 16.5. The first-order valence-corrected chi connectivity index (χ1v) is 16.9. The summed E-state index contributed by atoms with van der Waals surface area (Å²) in [5.41, 5.74) is 0.205. The number of anilines is 1. The molecule has 7 rings (SSSR count). The molecule has 0 aliphatic carbocycles. The molecule has 12 heteroatoms. The molecule has 2 aromatic carbocycles. The maximum Gasteiger partial charge on any atom is 0.410 e. The molecule has 0 saturated carbocycles. The van der Waals surface area contributed by atoms with Crippen molar-refractivity contribution in [1.29, 1.82) is 0 Å². The topological polar surface area (TPSA) is 99.1 Å². The second kappa shape index (κ2) is 12.6. The van der Waals surface area contributed by atoms with Gasteiger partial charge < -0.3 is 28.7 Å². The Kier molecular flexibility index (Phi) is 8.58. The van der Waals surface area contributed by atoms with Crippen LogP contribution >= 0.6 is 11.6 Å². The number of aromatic nitrogens is 3. The van der Waals surface area contributed by atoms with Crippen LogP contribution in [0, 0.1) is 17.7 Å². The van der Waals surface area contributed by atoms with E-state index in [1.807, 2.05) is 69.9 Å². The van der Waals surface area contributed by atoms with E-state index in [9.17, 15) is 4.79 Å². The maximum atomic E-state index is 16.8. The first kappa shape index (κ1) is 32.7. The number of pyridine rings is 1. The molecule has 3 aliphatic rings. The van der Waals surface area contributed by atoms with Gasteiger partial charge in [-0.15, -0.1) is 0 Å². The van der Waals surface area contributed by atoms with Gasteiger partial charge in [0.2, 0.25) is 0 Å². The number of carbonyl (C=O) groups is 1. The second-order valence-electron chi connectivity index (χ2n) is 14.5. The van der Waals surface area contributed by atoms with Crippen LogP contribution in [0.2, 0.25) is 5.02 Å². The summed E-state index contributed by atoms with van der Waals surface area (Å²) >= 11 is 6.62. The van der Waals surface area contributed by atoms with Gasteiger partial charge in [0, 0.05) is 47.7 Å². The molecule has 0 radical (unpaired) electrons. The number of ether oxygens (including phenoxy) is 4. The number of rotatable bonds is 5. The predicted molar refractivity (Wildman–Crippen MR) is 182 cm³/mol. The highest BCUT2D eigenvalue weighted by atomic mass is 35.5. The zero-order valence-electron chi connectivity index (χ0n) is 28.0. The van der Waals surface area contributed by atoms with E-state index in [-0.39, 0.29) is 41.9 Å². The Bertz CT molecular complexity index is 1850. The molecule has 1 amide bonds. The highest BCUT2D eigenvalue weighted by Gasteiger charge is 2.41. The van der Waals surface area contributed by atoms with Crippen LogP contribution < -0.4 is 9.64 Å². The van der Waals surface area contributed by atoms with E-state index in [1.165, 1.54) is 0 Å². The van der Waals surface area contributed by atoms with Gasteiger partial charge in [0.15, 0.2) is 11.6 Å². The van der Waals surface area contributed by atoms with Gasteiger partial charge in [0.05, 0.1) is 31.2 Å². The molecule has 48 heavy (non-hydrogen) atoms. The van der Waals surface area contributed by atoms with Crippen LogP contribution in [0.15, 0.2) is 42.6 Å². The van der Waals surface area contributed by atoms with E-state index in [1.54, 1.807) is 12.3 Å². The molecule has 0 N–H and O–H groups in total. The van der Waals surface area contributed by atoms with E-state index in [0.29, 0.717) is 65.9 Å². The SMILES string of the molecule is CC(C)(C)OC(=O)N1CC2CCN(c3nc(OCC4COC(C)(C)OC4)nc4c(F)c(-c5cccc6cccc(Cl)c56)ncc34)CC1C2. The molecule has 10 nitrogen and oxygen atoms in total. The van der Waals surface area contributed by atoms with Crippen molar-refractivity contribution in [2.24, 2.45) is 11.8 Å². The minimum Gasteiger partial charge on any atom is -0.463 e. The predicted octanol–water partition coefficient (Wildman–Crippen LogP) is 7.25. The summed E-state index contributed by atoms with van der Waals surface area (Å²) in [4.78, 5) is 31.2. The standard InChI is InChI=1S/C36H41ClFN5O5/c1-35(2,3)48-34(44)43-16-21-12-13-42(17-24(43)14-21)32-26-15-39-30(25-10-6-8-23-9-7-11-27(37)28(23)25)29(38)31(26)40-33(41-32)45-18-22-19-46-36(4,5)47-20-22/h6-11,15,21-22,24H,12-14,16-20H2,1-5H3.